The van der Waals surface area contributed by atoms with Crippen LogP contribution >= 0.6 is 0 Å². The highest BCUT2D eigenvalue weighted by atomic mass is 19.3. The maximum atomic E-state index is 12.8. The van der Waals surface area contributed by atoms with Gasteiger partial charge in [0, 0.05) is 18.3 Å². The summed E-state index contributed by atoms with van der Waals surface area (Å²) in [6.07, 6.45) is 7.05. The maximum absolute atomic E-state index is 12.8. The molecular formula is C10H14F2. The van der Waals surface area contributed by atoms with Gasteiger partial charge >= 0.3 is 0 Å². The number of hydrogen-bond acceptors (Lipinski definition) is 0. The summed E-state index contributed by atoms with van der Waals surface area (Å²) in [5.74, 6) is 0.209. The molecule has 0 spiro atoms. The third kappa shape index (κ3) is 1.77. The average molecular weight is 172 g/mol. The van der Waals surface area contributed by atoms with Crippen LogP contribution in [-0.2, 0) is 0 Å². The Hall–Kier alpha value is -0.580. The summed E-state index contributed by atoms with van der Waals surface area (Å²) in [6.45, 7) is 1.98. The van der Waals surface area contributed by atoms with E-state index < -0.39 is 5.92 Å². The second-order valence-electron chi connectivity index (χ2n) is 3.63. The summed E-state index contributed by atoms with van der Waals surface area (Å²) in [7, 11) is 0. The van der Waals surface area contributed by atoms with Gasteiger partial charge in [-0.1, -0.05) is 12.8 Å². The third-order valence-corrected chi connectivity index (χ3v) is 2.92. The standard InChI is InChI=1S/C10H14F2/c1-3-9(4-2)5-7-10(11,12)8-6-9/h1H,4-8H2,2H3. The summed E-state index contributed by atoms with van der Waals surface area (Å²) in [6, 6.07) is 0. The van der Waals surface area contributed by atoms with Gasteiger partial charge in [0.05, 0.1) is 0 Å². The van der Waals surface area contributed by atoms with Crippen LogP contribution in [0.15, 0.2) is 0 Å². The van der Waals surface area contributed by atoms with Gasteiger partial charge < -0.3 is 0 Å². The Bertz CT molecular complexity index is 190. The highest BCUT2D eigenvalue weighted by Crippen LogP contribution is 2.44. The van der Waals surface area contributed by atoms with Crippen molar-refractivity contribution >= 4 is 0 Å². The molecule has 0 amide bonds. The normalized spacial score (nSPS) is 26.2. The molecule has 1 fully saturated rings. The smallest absolute Gasteiger partial charge is 0.207 e. The van der Waals surface area contributed by atoms with Gasteiger partial charge in [-0.15, -0.1) is 6.42 Å². The molecule has 68 valence electrons. The molecule has 0 aliphatic heterocycles. The lowest BCUT2D eigenvalue weighted by molar-refractivity contribution is -0.0565. The van der Waals surface area contributed by atoms with Crippen molar-refractivity contribution in [1.29, 1.82) is 0 Å². The minimum Gasteiger partial charge on any atom is -0.207 e. The predicted octanol–water partition coefficient (Wildman–Crippen LogP) is 3.23. The van der Waals surface area contributed by atoms with Crippen LogP contribution in [0.5, 0.6) is 0 Å². The van der Waals surface area contributed by atoms with Crippen LogP contribution in [0, 0.1) is 17.8 Å². The first kappa shape index (κ1) is 9.51. The molecule has 0 bridgehead atoms. The van der Waals surface area contributed by atoms with E-state index in [-0.39, 0.29) is 18.3 Å². The van der Waals surface area contributed by atoms with E-state index in [9.17, 15) is 8.78 Å². The Balaban J connectivity index is 2.61. The van der Waals surface area contributed by atoms with Crippen LogP contribution in [0.2, 0.25) is 0 Å². The van der Waals surface area contributed by atoms with E-state index in [1.165, 1.54) is 0 Å². The van der Waals surface area contributed by atoms with Gasteiger partial charge in [0.1, 0.15) is 0 Å². The largest absolute Gasteiger partial charge is 0.248 e. The van der Waals surface area contributed by atoms with Crippen LogP contribution in [0.4, 0.5) is 8.78 Å². The molecule has 0 nitrogen and oxygen atoms in total. The van der Waals surface area contributed by atoms with Gasteiger partial charge in [0.15, 0.2) is 0 Å². The van der Waals surface area contributed by atoms with Crippen molar-refractivity contribution in [2.24, 2.45) is 5.41 Å². The number of rotatable bonds is 1. The summed E-state index contributed by atoms with van der Waals surface area (Å²) in [5, 5.41) is 0. The Morgan fingerprint density at radius 3 is 2.08 bits per heavy atom. The van der Waals surface area contributed by atoms with Crippen molar-refractivity contribution < 1.29 is 8.78 Å². The summed E-state index contributed by atoms with van der Waals surface area (Å²) in [4.78, 5) is 0. The molecule has 0 heterocycles. The van der Waals surface area contributed by atoms with Crippen LogP contribution in [0.1, 0.15) is 39.0 Å². The van der Waals surface area contributed by atoms with Crippen molar-refractivity contribution in [1.82, 2.24) is 0 Å². The van der Waals surface area contributed by atoms with E-state index in [0.29, 0.717) is 12.8 Å². The maximum Gasteiger partial charge on any atom is 0.248 e. The number of halogens is 2. The monoisotopic (exact) mass is 172 g/mol. The summed E-state index contributed by atoms with van der Waals surface area (Å²) >= 11 is 0. The Labute approximate surface area is 72.3 Å². The van der Waals surface area contributed by atoms with Crippen molar-refractivity contribution in [2.75, 3.05) is 0 Å². The van der Waals surface area contributed by atoms with E-state index in [1.54, 1.807) is 0 Å². The van der Waals surface area contributed by atoms with E-state index in [0.717, 1.165) is 6.42 Å². The fraction of sp³-hybridized carbons (Fsp3) is 0.800. The van der Waals surface area contributed by atoms with E-state index in [2.05, 4.69) is 5.92 Å². The fourth-order valence-electron chi connectivity index (χ4n) is 1.69. The minimum absolute atomic E-state index is 0.0367. The molecule has 0 aromatic heterocycles. The van der Waals surface area contributed by atoms with Gasteiger partial charge in [-0.05, 0) is 19.3 Å². The first-order valence-electron chi connectivity index (χ1n) is 4.39. The minimum atomic E-state index is -2.46. The third-order valence-electron chi connectivity index (χ3n) is 2.92. The zero-order chi connectivity index (χ0) is 9.24. The van der Waals surface area contributed by atoms with Crippen molar-refractivity contribution in [3.8, 4) is 12.3 Å². The molecule has 0 N–H and O–H groups in total. The van der Waals surface area contributed by atoms with Crippen molar-refractivity contribution in [3.63, 3.8) is 0 Å². The van der Waals surface area contributed by atoms with Gasteiger partial charge in [0.25, 0.3) is 0 Å². The van der Waals surface area contributed by atoms with E-state index >= 15 is 0 Å². The predicted molar refractivity (Wildman–Crippen MR) is 45.0 cm³/mol. The lowest BCUT2D eigenvalue weighted by atomic mass is 9.72. The molecule has 0 aromatic rings. The lowest BCUT2D eigenvalue weighted by Crippen LogP contribution is -2.31. The first-order chi connectivity index (χ1) is 5.54. The molecule has 0 aromatic carbocycles. The zero-order valence-electron chi connectivity index (χ0n) is 7.37. The second-order valence-corrected chi connectivity index (χ2v) is 3.63. The molecule has 1 aliphatic carbocycles. The quantitative estimate of drug-likeness (QED) is 0.533. The molecule has 1 aliphatic rings. The molecule has 0 atom stereocenters. The highest BCUT2D eigenvalue weighted by molar-refractivity contribution is 5.07. The highest BCUT2D eigenvalue weighted by Gasteiger charge is 2.41. The molecular weight excluding hydrogens is 158 g/mol. The van der Waals surface area contributed by atoms with Gasteiger partial charge in [0.2, 0.25) is 5.92 Å². The van der Waals surface area contributed by atoms with Crippen molar-refractivity contribution in [3.05, 3.63) is 0 Å². The average Bonchev–Trinajstić information content (AvgIpc) is 2.06. The topological polar surface area (TPSA) is 0 Å². The SMILES string of the molecule is C#CC1(CC)CCC(F)(F)CC1. The molecule has 2 heteroatoms. The van der Waals surface area contributed by atoms with Crippen LogP contribution < -0.4 is 0 Å². The molecule has 1 saturated carbocycles. The molecule has 0 unspecified atom stereocenters. The van der Waals surface area contributed by atoms with Gasteiger partial charge in [-0.2, -0.15) is 0 Å². The van der Waals surface area contributed by atoms with Crippen LogP contribution in [0.25, 0.3) is 0 Å². The number of hydrogen-bond donors (Lipinski definition) is 0. The van der Waals surface area contributed by atoms with E-state index in [1.807, 2.05) is 6.92 Å². The second kappa shape index (κ2) is 3.05. The molecule has 0 saturated heterocycles. The zero-order valence-corrected chi connectivity index (χ0v) is 7.37. The van der Waals surface area contributed by atoms with E-state index in [4.69, 9.17) is 6.42 Å². The molecule has 1 rings (SSSR count). The molecule has 12 heavy (non-hydrogen) atoms. The Morgan fingerprint density at radius 1 is 1.25 bits per heavy atom. The Kier molecular flexibility index (Phi) is 2.41. The first-order valence-corrected chi connectivity index (χ1v) is 4.39. The van der Waals surface area contributed by atoms with Gasteiger partial charge in [-0.3, -0.25) is 0 Å². The molecule has 0 radical (unpaired) electrons. The number of alkyl halides is 2. The van der Waals surface area contributed by atoms with Crippen molar-refractivity contribution in [2.45, 2.75) is 45.0 Å². The van der Waals surface area contributed by atoms with Crippen LogP contribution in [-0.4, -0.2) is 5.92 Å². The fourth-order valence-corrected chi connectivity index (χ4v) is 1.69. The lowest BCUT2D eigenvalue weighted by Gasteiger charge is -2.35. The Morgan fingerprint density at radius 2 is 1.75 bits per heavy atom. The number of terminal acetylenes is 1. The van der Waals surface area contributed by atoms with Crippen LogP contribution in [0.3, 0.4) is 0 Å². The summed E-state index contributed by atoms with van der Waals surface area (Å²) in [5.41, 5.74) is -0.234. The summed E-state index contributed by atoms with van der Waals surface area (Å²) < 4.78 is 25.5. The van der Waals surface area contributed by atoms with Gasteiger partial charge in [-0.25, -0.2) is 8.78 Å².